The molecule has 2 aromatic carbocycles. The molecule has 0 radical (unpaired) electrons. The van der Waals surface area contributed by atoms with E-state index in [-0.39, 0.29) is 18.4 Å². The molecule has 1 saturated heterocycles. The predicted molar refractivity (Wildman–Crippen MR) is 128 cm³/mol. The third-order valence-corrected chi connectivity index (χ3v) is 5.90. The normalized spacial score (nSPS) is 17.0. The summed E-state index contributed by atoms with van der Waals surface area (Å²) >= 11 is 6.01. The van der Waals surface area contributed by atoms with Crippen LogP contribution in [0.5, 0.6) is 11.5 Å². The predicted octanol–water partition coefficient (Wildman–Crippen LogP) is 5.75. The number of rotatable bonds is 12. The van der Waals surface area contributed by atoms with Gasteiger partial charge in [-0.05, 0) is 55.2 Å². The molecule has 1 amide bonds. The van der Waals surface area contributed by atoms with Crippen molar-refractivity contribution in [1.82, 2.24) is 4.90 Å². The molecule has 3 rings (SSSR count). The van der Waals surface area contributed by atoms with E-state index in [1.165, 1.54) is 0 Å². The lowest BCUT2D eigenvalue weighted by Crippen LogP contribution is -2.32. The number of halogens is 1. The van der Waals surface area contributed by atoms with Crippen molar-refractivity contribution in [3.63, 3.8) is 0 Å². The van der Waals surface area contributed by atoms with E-state index >= 15 is 0 Å². The summed E-state index contributed by atoms with van der Waals surface area (Å²) in [6, 6.07) is 14.3. The number of amides is 1. The maximum absolute atomic E-state index is 12.3. The molecule has 0 bridgehead atoms. The first kappa shape index (κ1) is 24.8. The molecular formula is C26H30ClNO5. The molecule has 2 aromatic rings. The van der Waals surface area contributed by atoms with Crippen LogP contribution in [-0.2, 0) is 9.59 Å². The number of aliphatic carboxylic acids is 1. The molecule has 176 valence electrons. The summed E-state index contributed by atoms with van der Waals surface area (Å²) in [5.41, 5.74) is 0.695. The molecule has 1 aliphatic heterocycles. The number of aliphatic hydroxyl groups is 1. The quantitative estimate of drug-likeness (QED) is 0.304. The minimum Gasteiger partial charge on any atom is -0.481 e. The van der Waals surface area contributed by atoms with Gasteiger partial charge in [-0.1, -0.05) is 54.8 Å². The number of carboxylic acid groups (broad SMARTS) is 1. The average Bonchev–Trinajstić information content (AvgIpc) is 3.13. The maximum Gasteiger partial charge on any atom is 0.303 e. The van der Waals surface area contributed by atoms with Gasteiger partial charge in [0.2, 0.25) is 5.91 Å². The van der Waals surface area contributed by atoms with Crippen molar-refractivity contribution < 1.29 is 24.5 Å². The van der Waals surface area contributed by atoms with Crippen molar-refractivity contribution in [1.29, 1.82) is 0 Å². The number of benzene rings is 2. The van der Waals surface area contributed by atoms with Gasteiger partial charge in [-0.3, -0.25) is 9.59 Å². The van der Waals surface area contributed by atoms with E-state index in [1.54, 1.807) is 24.3 Å². The van der Waals surface area contributed by atoms with E-state index in [0.717, 1.165) is 25.7 Å². The minimum absolute atomic E-state index is 0.0305. The molecule has 1 aliphatic rings. The number of hydrogen-bond donors (Lipinski definition) is 2. The molecule has 0 aliphatic carbocycles. The number of nitrogens with zero attached hydrogens (tertiary/aromatic N) is 1. The zero-order valence-electron chi connectivity index (χ0n) is 18.5. The Hall–Kier alpha value is -2.83. The van der Waals surface area contributed by atoms with Crippen LogP contribution in [0.4, 0.5) is 0 Å². The minimum atomic E-state index is -0.818. The van der Waals surface area contributed by atoms with Crippen molar-refractivity contribution in [3.8, 4) is 11.5 Å². The number of carboxylic acids is 1. The van der Waals surface area contributed by atoms with Crippen LogP contribution < -0.4 is 4.74 Å². The molecule has 2 unspecified atom stereocenters. The Morgan fingerprint density at radius 1 is 1.12 bits per heavy atom. The molecule has 2 atom stereocenters. The van der Waals surface area contributed by atoms with E-state index in [2.05, 4.69) is 0 Å². The number of ether oxygens (including phenoxy) is 1. The fourth-order valence-corrected chi connectivity index (χ4v) is 4.11. The first-order valence-corrected chi connectivity index (χ1v) is 11.7. The van der Waals surface area contributed by atoms with Gasteiger partial charge in [0.15, 0.2) is 0 Å². The number of unbranched alkanes of at least 4 members (excludes halogenated alkanes) is 3. The maximum atomic E-state index is 12.3. The van der Waals surface area contributed by atoms with Crippen molar-refractivity contribution >= 4 is 23.5 Å². The second kappa shape index (κ2) is 12.4. The first-order chi connectivity index (χ1) is 15.9. The van der Waals surface area contributed by atoms with Crippen LogP contribution in [0.3, 0.4) is 0 Å². The number of hydrogen-bond acceptors (Lipinski definition) is 4. The van der Waals surface area contributed by atoms with Crippen molar-refractivity contribution in [2.24, 2.45) is 0 Å². The van der Waals surface area contributed by atoms with Crippen LogP contribution in [0, 0.1) is 0 Å². The van der Waals surface area contributed by atoms with Crippen molar-refractivity contribution in [3.05, 3.63) is 71.3 Å². The lowest BCUT2D eigenvalue weighted by molar-refractivity contribution is -0.137. The van der Waals surface area contributed by atoms with Gasteiger partial charge in [-0.25, -0.2) is 0 Å². The molecule has 0 saturated carbocycles. The van der Waals surface area contributed by atoms with Crippen LogP contribution in [-0.4, -0.2) is 39.6 Å². The third kappa shape index (κ3) is 7.91. The Morgan fingerprint density at radius 3 is 2.61 bits per heavy atom. The zero-order chi connectivity index (χ0) is 23.6. The van der Waals surface area contributed by atoms with E-state index in [0.29, 0.717) is 41.5 Å². The van der Waals surface area contributed by atoms with Crippen LogP contribution in [0.2, 0.25) is 5.02 Å². The summed E-state index contributed by atoms with van der Waals surface area (Å²) in [6.07, 6.45) is 7.51. The fourth-order valence-electron chi connectivity index (χ4n) is 3.93. The largest absolute Gasteiger partial charge is 0.481 e. The number of likely N-dealkylation sites (tertiary alicyclic amines) is 1. The Bertz CT molecular complexity index is 977. The summed E-state index contributed by atoms with van der Waals surface area (Å²) in [4.78, 5) is 24.7. The smallest absolute Gasteiger partial charge is 0.303 e. The van der Waals surface area contributed by atoms with E-state index in [9.17, 15) is 14.7 Å². The van der Waals surface area contributed by atoms with E-state index in [1.807, 2.05) is 41.3 Å². The molecule has 6 nitrogen and oxygen atoms in total. The van der Waals surface area contributed by atoms with Gasteiger partial charge >= 0.3 is 5.97 Å². The van der Waals surface area contributed by atoms with Gasteiger partial charge in [0.05, 0.1) is 12.1 Å². The zero-order valence-corrected chi connectivity index (χ0v) is 19.3. The molecule has 0 aromatic heterocycles. The average molecular weight is 472 g/mol. The van der Waals surface area contributed by atoms with E-state index in [4.69, 9.17) is 21.4 Å². The van der Waals surface area contributed by atoms with Crippen LogP contribution >= 0.6 is 11.6 Å². The lowest BCUT2D eigenvalue weighted by atomic mass is 10.1. The Kier molecular flexibility index (Phi) is 9.34. The van der Waals surface area contributed by atoms with Gasteiger partial charge in [-0.2, -0.15) is 0 Å². The van der Waals surface area contributed by atoms with E-state index < -0.39 is 12.1 Å². The molecule has 0 spiro atoms. The molecule has 1 heterocycles. The Balaban J connectivity index is 1.53. The Morgan fingerprint density at radius 2 is 1.85 bits per heavy atom. The van der Waals surface area contributed by atoms with Gasteiger partial charge in [0.25, 0.3) is 0 Å². The second-order valence-corrected chi connectivity index (χ2v) is 8.65. The van der Waals surface area contributed by atoms with Gasteiger partial charge < -0.3 is 19.8 Å². The molecule has 1 fully saturated rings. The highest BCUT2D eigenvalue weighted by Gasteiger charge is 2.28. The summed E-state index contributed by atoms with van der Waals surface area (Å²) in [6.45, 7) is 0.653. The topological polar surface area (TPSA) is 87.1 Å². The summed E-state index contributed by atoms with van der Waals surface area (Å²) < 4.78 is 5.84. The van der Waals surface area contributed by atoms with Gasteiger partial charge in [-0.15, -0.1) is 0 Å². The summed E-state index contributed by atoms with van der Waals surface area (Å²) in [5, 5.41) is 20.0. The molecule has 2 N–H and O–H groups in total. The Labute approximate surface area is 199 Å². The number of aliphatic hydroxyl groups excluding tert-OH is 1. The molecular weight excluding hydrogens is 442 g/mol. The van der Waals surface area contributed by atoms with Crippen LogP contribution in [0.15, 0.2) is 60.7 Å². The second-order valence-electron chi connectivity index (χ2n) is 8.21. The fraction of sp³-hybridized carbons (Fsp3) is 0.385. The molecule has 33 heavy (non-hydrogen) atoms. The van der Waals surface area contributed by atoms with Gasteiger partial charge in [0.1, 0.15) is 11.5 Å². The van der Waals surface area contributed by atoms with Crippen molar-refractivity contribution in [2.45, 2.75) is 57.1 Å². The van der Waals surface area contributed by atoms with Gasteiger partial charge in [0, 0.05) is 24.4 Å². The monoisotopic (exact) mass is 471 g/mol. The first-order valence-electron chi connectivity index (χ1n) is 11.3. The van der Waals surface area contributed by atoms with Crippen molar-refractivity contribution in [2.75, 3.05) is 6.54 Å². The van der Waals surface area contributed by atoms with Crippen LogP contribution in [0.25, 0.3) is 0 Å². The standard InChI is InChI=1S/C26H30ClNO5/c27-20-8-6-10-23(18-20)33-22-9-5-7-19(17-22)24(29)14-12-21-13-15-25(30)28(21)16-4-2-1-3-11-26(31)32/h5-10,12,14,17-18,21,24,29H,1-4,11,13,15-16H2,(H,31,32). The summed E-state index contributed by atoms with van der Waals surface area (Å²) in [5.74, 6) is 0.576. The SMILES string of the molecule is O=C(O)CCCCCCN1C(=O)CCC1C=CC(O)c1cccc(Oc2cccc(Cl)c2)c1. The number of carbonyl (C=O) groups is 2. The lowest BCUT2D eigenvalue weighted by Gasteiger charge is -2.22. The summed E-state index contributed by atoms with van der Waals surface area (Å²) in [7, 11) is 0. The third-order valence-electron chi connectivity index (χ3n) is 5.66. The highest BCUT2D eigenvalue weighted by atomic mass is 35.5. The van der Waals surface area contributed by atoms with Crippen LogP contribution in [0.1, 0.15) is 56.6 Å². The highest BCUT2D eigenvalue weighted by Crippen LogP contribution is 2.28. The molecule has 7 heteroatoms. The highest BCUT2D eigenvalue weighted by molar-refractivity contribution is 6.30. The number of carbonyl (C=O) groups excluding carboxylic acids is 1.